The number of nitrogens with one attached hydrogen (secondary N) is 2. The first kappa shape index (κ1) is 16.3. The van der Waals surface area contributed by atoms with Gasteiger partial charge in [0, 0.05) is 18.1 Å². The van der Waals surface area contributed by atoms with Crippen molar-refractivity contribution in [3.05, 3.63) is 34.9 Å². The van der Waals surface area contributed by atoms with E-state index in [1.165, 1.54) is 0 Å². The van der Waals surface area contributed by atoms with E-state index in [4.69, 9.17) is 11.6 Å². The van der Waals surface area contributed by atoms with Crippen LogP contribution in [0.25, 0.3) is 0 Å². The van der Waals surface area contributed by atoms with Gasteiger partial charge in [-0.2, -0.15) is 0 Å². The van der Waals surface area contributed by atoms with E-state index in [0.29, 0.717) is 11.6 Å². The maximum absolute atomic E-state index is 12.2. The van der Waals surface area contributed by atoms with Crippen LogP contribution < -0.4 is 10.6 Å². The second-order valence-electron chi connectivity index (χ2n) is 4.70. The van der Waals surface area contributed by atoms with Crippen LogP contribution in [0.4, 0.5) is 0 Å². The maximum Gasteiger partial charge on any atom is 0.230 e. The highest BCUT2D eigenvalue weighted by atomic mass is 35.5. The third kappa shape index (κ3) is 3.85. The van der Waals surface area contributed by atoms with Gasteiger partial charge in [0.25, 0.3) is 0 Å². The Hall–Kier alpha value is -0.770. The van der Waals surface area contributed by atoms with Gasteiger partial charge in [0.05, 0.1) is 5.41 Å². The summed E-state index contributed by atoms with van der Waals surface area (Å²) in [6.45, 7) is 4.47. The van der Waals surface area contributed by atoms with Gasteiger partial charge in [-0.25, -0.2) is 0 Å². The summed E-state index contributed by atoms with van der Waals surface area (Å²) in [5.41, 5.74) is 0.716. The zero-order chi connectivity index (χ0) is 13.0. The average molecular weight is 303 g/mol. The molecule has 0 bridgehead atoms. The third-order valence-electron chi connectivity index (χ3n) is 3.40. The van der Waals surface area contributed by atoms with Crippen LogP contribution in [-0.4, -0.2) is 25.5 Å². The van der Waals surface area contributed by atoms with Crippen molar-refractivity contribution in [3.63, 3.8) is 0 Å². The Morgan fingerprint density at radius 1 is 1.37 bits per heavy atom. The van der Waals surface area contributed by atoms with E-state index in [-0.39, 0.29) is 23.7 Å². The van der Waals surface area contributed by atoms with Gasteiger partial charge in [0.15, 0.2) is 0 Å². The molecule has 106 valence electrons. The zero-order valence-corrected chi connectivity index (χ0v) is 12.6. The molecule has 2 rings (SSSR count). The molecule has 1 aliphatic carbocycles. The number of rotatable bonds is 6. The fraction of sp³-hybridized carbons (Fsp3) is 0.500. The van der Waals surface area contributed by atoms with Crippen LogP contribution in [0, 0.1) is 0 Å². The second kappa shape index (κ2) is 7.13. The summed E-state index contributed by atoms with van der Waals surface area (Å²) in [4.78, 5) is 12.2. The molecule has 0 aliphatic heterocycles. The van der Waals surface area contributed by atoms with Crippen molar-refractivity contribution in [1.29, 1.82) is 0 Å². The van der Waals surface area contributed by atoms with Crippen LogP contribution in [-0.2, 0) is 10.2 Å². The molecule has 2 N–H and O–H groups in total. The lowest BCUT2D eigenvalue weighted by Crippen LogP contribution is -2.38. The zero-order valence-electron chi connectivity index (χ0n) is 11.0. The predicted molar refractivity (Wildman–Crippen MR) is 81.2 cm³/mol. The summed E-state index contributed by atoms with van der Waals surface area (Å²) < 4.78 is 0. The minimum atomic E-state index is -0.322. The number of likely N-dealkylation sites (N-methyl/N-ethyl adjacent to an activating group) is 1. The number of carbonyl (C=O) groups is 1. The van der Waals surface area contributed by atoms with Gasteiger partial charge in [0.1, 0.15) is 0 Å². The van der Waals surface area contributed by atoms with Crippen molar-refractivity contribution in [2.24, 2.45) is 0 Å². The lowest BCUT2D eigenvalue weighted by molar-refractivity contribution is -0.123. The molecular weight excluding hydrogens is 283 g/mol. The smallest absolute Gasteiger partial charge is 0.230 e. The second-order valence-corrected chi connectivity index (χ2v) is 5.14. The Morgan fingerprint density at radius 3 is 2.68 bits per heavy atom. The van der Waals surface area contributed by atoms with Gasteiger partial charge in [0.2, 0.25) is 5.91 Å². The molecule has 0 radical (unpaired) electrons. The van der Waals surface area contributed by atoms with Crippen molar-refractivity contribution < 1.29 is 4.79 Å². The molecule has 5 heteroatoms. The highest BCUT2D eigenvalue weighted by Crippen LogP contribution is 2.48. The van der Waals surface area contributed by atoms with Crippen molar-refractivity contribution in [2.45, 2.75) is 25.2 Å². The molecule has 1 fully saturated rings. The Balaban J connectivity index is 0.00000180. The summed E-state index contributed by atoms with van der Waals surface area (Å²) in [7, 11) is 0. The Morgan fingerprint density at radius 2 is 2.11 bits per heavy atom. The molecule has 1 amide bonds. The van der Waals surface area contributed by atoms with E-state index in [1.807, 2.05) is 24.3 Å². The summed E-state index contributed by atoms with van der Waals surface area (Å²) in [5, 5.41) is 6.88. The average Bonchev–Trinajstić information content (AvgIpc) is 3.16. The first-order valence-electron chi connectivity index (χ1n) is 6.44. The van der Waals surface area contributed by atoms with E-state index in [9.17, 15) is 4.79 Å². The highest BCUT2D eigenvalue weighted by Gasteiger charge is 2.51. The lowest BCUT2D eigenvalue weighted by atomic mass is 9.95. The van der Waals surface area contributed by atoms with Crippen molar-refractivity contribution in [3.8, 4) is 0 Å². The Labute approximate surface area is 125 Å². The van der Waals surface area contributed by atoms with Gasteiger partial charge >= 0.3 is 0 Å². The molecule has 0 atom stereocenters. The molecule has 1 aliphatic rings. The van der Waals surface area contributed by atoms with E-state index < -0.39 is 0 Å². The number of benzene rings is 1. The summed E-state index contributed by atoms with van der Waals surface area (Å²) in [6, 6.07) is 7.63. The number of carbonyl (C=O) groups excluding carboxylic acids is 1. The van der Waals surface area contributed by atoms with Crippen molar-refractivity contribution in [1.82, 2.24) is 10.6 Å². The summed E-state index contributed by atoms with van der Waals surface area (Å²) in [6.07, 6.45) is 1.83. The lowest BCUT2D eigenvalue weighted by Gasteiger charge is -2.16. The number of hydrogen-bond acceptors (Lipinski definition) is 2. The molecule has 1 aromatic rings. The van der Waals surface area contributed by atoms with Crippen LogP contribution in [0.15, 0.2) is 24.3 Å². The quantitative estimate of drug-likeness (QED) is 0.793. The minimum absolute atomic E-state index is 0. The standard InChI is InChI=1S/C14H19ClN2O.ClH/c1-2-16-8-9-17-13(18)14(6-7-14)11-4-3-5-12(15)10-11;/h3-5,10,16H,2,6-9H2,1H3,(H,17,18);1H. The highest BCUT2D eigenvalue weighted by molar-refractivity contribution is 6.30. The van der Waals surface area contributed by atoms with Crippen LogP contribution in [0.5, 0.6) is 0 Å². The molecule has 0 saturated heterocycles. The first-order valence-corrected chi connectivity index (χ1v) is 6.82. The normalized spacial score (nSPS) is 15.5. The van der Waals surface area contributed by atoms with Gasteiger partial charge in [-0.15, -0.1) is 12.4 Å². The summed E-state index contributed by atoms with van der Waals surface area (Å²) >= 11 is 5.99. The van der Waals surface area contributed by atoms with E-state index in [0.717, 1.165) is 31.5 Å². The third-order valence-corrected chi connectivity index (χ3v) is 3.63. The van der Waals surface area contributed by atoms with Crippen molar-refractivity contribution >= 4 is 29.9 Å². The van der Waals surface area contributed by atoms with Crippen LogP contribution in [0.2, 0.25) is 5.02 Å². The number of halogens is 2. The fourth-order valence-corrected chi connectivity index (χ4v) is 2.36. The van der Waals surface area contributed by atoms with Gasteiger partial charge in [-0.3, -0.25) is 4.79 Å². The predicted octanol–water partition coefficient (Wildman–Crippen LogP) is 2.52. The van der Waals surface area contributed by atoms with E-state index >= 15 is 0 Å². The molecule has 0 aromatic heterocycles. The topological polar surface area (TPSA) is 41.1 Å². The van der Waals surface area contributed by atoms with Crippen molar-refractivity contribution in [2.75, 3.05) is 19.6 Å². The first-order chi connectivity index (χ1) is 8.69. The van der Waals surface area contributed by atoms with Gasteiger partial charge in [-0.1, -0.05) is 30.7 Å². The molecule has 0 unspecified atom stereocenters. The minimum Gasteiger partial charge on any atom is -0.354 e. The van der Waals surface area contributed by atoms with Crippen LogP contribution >= 0.6 is 24.0 Å². The van der Waals surface area contributed by atoms with Gasteiger partial charge in [-0.05, 0) is 37.1 Å². The summed E-state index contributed by atoms with van der Waals surface area (Å²) in [5.74, 6) is 0.127. The molecule has 0 heterocycles. The van der Waals surface area contributed by atoms with Crippen LogP contribution in [0.3, 0.4) is 0 Å². The Kier molecular flexibility index (Phi) is 6.11. The number of hydrogen-bond donors (Lipinski definition) is 2. The fourth-order valence-electron chi connectivity index (χ4n) is 2.17. The van der Waals surface area contributed by atoms with Crippen LogP contribution in [0.1, 0.15) is 25.3 Å². The number of amides is 1. The molecule has 0 spiro atoms. The molecular formula is C14H20Cl2N2O. The largest absolute Gasteiger partial charge is 0.354 e. The van der Waals surface area contributed by atoms with E-state index in [2.05, 4.69) is 17.6 Å². The molecule has 3 nitrogen and oxygen atoms in total. The van der Waals surface area contributed by atoms with Gasteiger partial charge < -0.3 is 10.6 Å². The monoisotopic (exact) mass is 302 g/mol. The Bertz CT molecular complexity index is 433. The maximum atomic E-state index is 12.2. The molecule has 19 heavy (non-hydrogen) atoms. The molecule has 1 saturated carbocycles. The molecule has 1 aromatic carbocycles. The van der Waals surface area contributed by atoms with E-state index in [1.54, 1.807) is 0 Å². The SMILES string of the molecule is CCNCCNC(=O)C1(c2cccc(Cl)c2)CC1.Cl.